The van der Waals surface area contributed by atoms with Gasteiger partial charge in [-0.05, 0) is 48.5 Å². The SMILES string of the molecule is COc1ccc(N2CC[NH+](CC(=O)Nc3ccc4oc5ccccc5c4c3)CC2)cc1. The van der Waals surface area contributed by atoms with Gasteiger partial charge in [-0.3, -0.25) is 4.79 Å². The van der Waals surface area contributed by atoms with Crippen molar-refractivity contribution in [1.29, 1.82) is 0 Å². The van der Waals surface area contributed by atoms with Gasteiger partial charge in [0.25, 0.3) is 5.91 Å². The van der Waals surface area contributed by atoms with E-state index in [2.05, 4.69) is 22.3 Å². The number of hydrogen-bond donors (Lipinski definition) is 2. The van der Waals surface area contributed by atoms with Crippen LogP contribution in [0.25, 0.3) is 21.9 Å². The Kier molecular flexibility index (Phi) is 5.22. The van der Waals surface area contributed by atoms with Crippen molar-refractivity contribution >= 4 is 39.2 Å². The number of amides is 1. The third kappa shape index (κ3) is 4.07. The lowest BCUT2D eigenvalue weighted by molar-refractivity contribution is -0.892. The quantitative estimate of drug-likeness (QED) is 0.525. The zero-order valence-electron chi connectivity index (χ0n) is 17.6. The molecule has 0 atom stereocenters. The average Bonchev–Trinajstić information content (AvgIpc) is 3.18. The number of methoxy groups -OCH3 is 1. The van der Waals surface area contributed by atoms with Crippen LogP contribution >= 0.6 is 0 Å². The zero-order valence-corrected chi connectivity index (χ0v) is 17.6. The van der Waals surface area contributed by atoms with Gasteiger partial charge in [-0.25, -0.2) is 0 Å². The second kappa shape index (κ2) is 8.32. The number of para-hydroxylation sites is 1. The Morgan fingerprint density at radius 2 is 1.74 bits per heavy atom. The van der Waals surface area contributed by atoms with Gasteiger partial charge in [-0.2, -0.15) is 0 Å². The highest BCUT2D eigenvalue weighted by molar-refractivity contribution is 6.06. The lowest BCUT2D eigenvalue weighted by Gasteiger charge is -2.33. The standard InChI is InChI=1S/C25H25N3O3/c1-30-20-9-7-19(8-10-20)28-14-12-27(13-15-28)17-25(29)26-18-6-11-24-22(16-18)21-4-2-3-5-23(21)31-24/h2-11,16H,12-15,17H2,1H3,(H,26,29)/p+1. The molecule has 31 heavy (non-hydrogen) atoms. The summed E-state index contributed by atoms with van der Waals surface area (Å²) in [5.74, 6) is 0.909. The van der Waals surface area contributed by atoms with Gasteiger partial charge in [-0.15, -0.1) is 0 Å². The van der Waals surface area contributed by atoms with Crippen molar-refractivity contribution in [2.45, 2.75) is 0 Å². The van der Waals surface area contributed by atoms with Crippen molar-refractivity contribution in [2.24, 2.45) is 0 Å². The summed E-state index contributed by atoms with van der Waals surface area (Å²) in [6.45, 7) is 4.21. The van der Waals surface area contributed by atoms with Crippen molar-refractivity contribution < 1.29 is 18.8 Å². The molecule has 1 saturated heterocycles. The average molecular weight is 417 g/mol. The van der Waals surface area contributed by atoms with Crippen LogP contribution in [0.2, 0.25) is 0 Å². The number of anilines is 2. The Hall–Kier alpha value is -3.51. The molecule has 2 N–H and O–H groups in total. The van der Waals surface area contributed by atoms with Crippen LogP contribution < -0.4 is 19.9 Å². The molecule has 6 nitrogen and oxygen atoms in total. The molecule has 3 aromatic carbocycles. The highest BCUT2D eigenvalue weighted by atomic mass is 16.5. The number of carbonyl (C=O) groups is 1. The molecule has 0 radical (unpaired) electrons. The van der Waals surface area contributed by atoms with E-state index in [9.17, 15) is 4.79 Å². The lowest BCUT2D eigenvalue weighted by atomic mass is 10.1. The largest absolute Gasteiger partial charge is 0.497 e. The van der Waals surface area contributed by atoms with E-state index in [0.717, 1.165) is 59.6 Å². The number of nitrogens with zero attached hydrogens (tertiary/aromatic N) is 1. The normalized spacial score (nSPS) is 14.8. The summed E-state index contributed by atoms with van der Waals surface area (Å²) < 4.78 is 11.1. The topological polar surface area (TPSA) is 59.2 Å². The maximum absolute atomic E-state index is 12.7. The minimum Gasteiger partial charge on any atom is -0.497 e. The number of furan rings is 1. The minimum absolute atomic E-state index is 0.0417. The van der Waals surface area contributed by atoms with E-state index in [4.69, 9.17) is 9.15 Å². The first-order valence-electron chi connectivity index (χ1n) is 10.6. The molecule has 1 fully saturated rings. The molecule has 1 amide bonds. The smallest absolute Gasteiger partial charge is 0.279 e. The van der Waals surface area contributed by atoms with Gasteiger partial charge in [0, 0.05) is 22.1 Å². The van der Waals surface area contributed by atoms with E-state index in [0.29, 0.717) is 6.54 Å². The van der Waals surface area contributed by atoms with Gasteiger partial charge in [0.15, 0.2) is 6.54 Å². The van der Waals surface area contributed by atoms with Crippen LogP contribution in [0, 0.1) is 0 Å². The van der Waals surface area contributed by atoms with Crippen LogP contribution in [-0.4, -0.2) is 45.7 Å². The van der Waals surface area contributed by atoms with Gasteiger partial charge < -0.3 is 24.3 Å². The Morgan fingerprint density at radius 3 is 2.52 bits per heavy atom. The molecule has 158 valence electrons. The van der Waals surface area contributed by atoms with Gasteiger partial charge in [-0.1, -0.05) is 18.2 Å². The fraction of sp³-hybridized carbons (Fsp3) is 0.240. The van der Waals surface area contributed by atoms with Crippen LogP contribution in [0.15, 0.2) is 71.1 Å². The van der Waals surface area contributed by atoms with E-state index in [1.165, 1.54) is 10.6 Å². The van der Waals surface area contributed by atoms with E-state index in [1.807, 2.05) is 54.6 Å². The number of nitrogens with one attached hydrogen (secondary N) is 2. The number of hydrogen-bond acceptors (Lipinski definition) is 4. The predicted molar refractivity (Wildman–Crippen MR) is 123 cm³/mol. The summed E-state index contributed by atoms with van der Waals surface area (Å²) >= 11 is 0. The number of carbonyl (C=O) groups excluding carboxylic acids is 1. The molecule has 5 rings (SSSR count). The molecule has 2 heterocycles. The summed E-state index contributed by atoms with van der Waals surface area (Å²) in [5.41, 5.74) is 3.70. The zero-order chi connectivity index (χ0) is 21.2. The van der Waals surface area contributed by atoms with E-state index in [-0.39, 0.29) is 5.91 Å². The highest BCUT2D eigenvalue weighted by Crippen LogP contribution is 2.30. The van der Waals surface area contributed by atoms with Crippen LogP contribution in [0.5, 0.6) is 5.75 Å². The summed E-state index contributed by atoms with van der Waals surface area (Å²) in [6.07, 6.45) is 0. The second-order valence-electron chi connectivity index (χ2n) is 7.97. The van der Waals surface area contributed by atoms with E-state index < -0.39 is 0 Å². The van der Waals surface area contributed by atoms with Gasteiger partial charge in [0.05, 0.1) is 33.3 Å². The molecular weight excluding hydrogens is 390 g/mol. The monoisotopic (exact) mass is 416 g/mol. The van der Waals surface area contributed by atoms with E-state index >= 15 is 0 Å². The fourth-order valence-corrected chi connectivity index (χ4v) is 4.29. The molecule has 0 bridgehead atoms. The Morgan fingerprint density at radius 1 is 1.00 bits per heavy atom. The van der Waals surface area contributed by atoms with E-state index in [1.54, 1.807) is 7.11 Å². The van der Waals surface area contributed by atoms with Crippen molar-refractivity contribution in [3.8, 4) is 5.75 Å². The maximum atomic E-state index is 12.7. The number of ether oxygens (including phenoxy) is 1. The molecular formula is C25H26N3O3+. The first-order valence-corrected chi connectivity index (χ1v) is 10.6. The third-order valence-electron chi connectivity index (χ3n) is 5.98. The fourth-order valence-electron chi connectivity index (χ4n) is 4.29. The lowest BCUT2D eigenvalue weighted by Crippen LogP contribution is -3.15. The number of piperazine rings is 1. The van der Waals surface area contributed by atoms with Crippen molar-refractivity contribution in [3.63, 3.8) is 0 Å². The summed E-state index contributed by atoms with van der Waals surface area (Å²) in [4.78, 5) is 16.3. The predicted octanol–water partition coefficient (Wildman–Crippen LogP) is 2.94. The van der Waals surface area contributed by atoms with Crippen LogP contribution in [-0.2, 0) is 4.79 Å². The Balaban J connectivity index is 1.19. The highest BCUT2D eigenvalue weighted by Gasteiger charge is 2.22. The Bertz CT molecular complexity index is 1210. The third-order valence-corrected chi connectivity index (χ3v) is 5.98. The number of benzene rings is 3. The number of fused-ring (bicyclic) bond motifs is 3. The molecule has 1 aliphatic rings. The van der Waals surface area contributed by atoms with Crippen molar-refractivity contribution in [3.05, 3.63) is 66.7 Å². The molecule has 0 aliphatic carbocycles. The van der Waals surface area contributed by atoms with Crippen LogP contribution in [0.3, 0.4) is 0 Å². The van der Waals surface area contributed by atoms with Gasteiger partial charge in [0.2, 0.25) is 0 Å². The molecule has 1 aromatic heterocycles. The summed E-state index contributed by atoms with van der Waals surface area (Å²) in [5, 5.41) is 5.15. The molecule has 4 aromatic rings. The van der Waals surface area contributed by atoms with Crippen LogP contribution in [0.1, 0.15) is 0 Å². The molecule has 0 spiro atoms. The van der Waals surface area contributed by atoms with Gasteiger partial charge >= 0.3 is 0 Å². The number of rotatable bonds is 5. The second-order valence-corrected chi connectivity index (χ2v) is 7.97. The minimum atomic E-state index is 0.0417. The van der Waals surface area contributed by atoms with Gasteiger partial charge in [0.1, 0.15) is 16.9 Å². The van der Waals surface area contributed by atoms with Crippen molar-refractivity contribution in [2.75, 3.05) is 50.1 Å². The summed E-state index contributed by atoms with van der Waals surface area (Å²) in [6, 6.07) is 21.9. The maximum Gasteiger partial charge on any atom is 0.279 e. The molecule has 6 heteroatoms. The molecule has 0 saturated carbocycles. The number of quaternary nitrogens is 1. The van der Waals surface area contributed by atoms with Crippen molar-refractivity contribution in [1.82, 2.24) is 0 Å². The molecule has 1 aliphatic heterocycles. The first-order chi connectivity index (χ1) is 15.2. The first kappa shape index (κ1) is 19.5. The Labute approximate surface area is 181 Å². The van der Waals surface area contributed by atoms with Crippen LogP contribution in [0.4, 0.5) is 11.4 Å². The molecule has 0 unspecified atom stereocenters. The summed E-state index contributed by atoms with van der Waals surface area (Å²) in [7, 11) is 1.68.